The van der Waals surface area contributed by atoms with Crippen molar-refractivity contribution in [2.24, 2.45) is 10.7 Å². The summed E-state index contributed by atoms with van der Waals surface area (Å²) >= 11 is 0. The number of hydrogen-bond donors (Lipinski definition) is 3. The van der Waals surface area contributed by atoms with E-state index in [1.807, 2.05) is 37.5 Å². The third kappa shape index (κ3) is 2.94. The van der Waals surface area contributed by atoms with Crippen molar-refractivity contribution in [1.82, 2.24) is 5.43 Å². The topological polar surface area (TPSA) is 90.7 Å². The highest BCUT2D eigenvalue weighted by molar-refractivity contribution is 5.80. The molecule has 15 heavy (non-hydrogen) atoms. The molecule has 0 radical (unpaired) electrons. The summed E-state index contributed by atoms with van der Waals surface area (Å²) in [5.41, 5.74) is 9.85. The molecule has 0 aliphatic heterocycles. The Morgan fingerprint density at radius 1 is 1.47 bits per heavy atom. The Kier molecular flexibility index (Phi) is 3.22. The lowest BCUT2D eigenvalue weighted by atomic mass is 10.1. The normalized spacial score (nSPS) is 11.2. The monoisotopic (exact) mass is 209 g/mol. The summed E-state index contributed by atoms with van der Waals surface area (Å²) in [4.78, 5) is 14.2. The Morgan fingerprint density at radius 2 is 2.00 bits per heavy atom. The molecule has 0 bridgehead atoms. The first-order valence-corrected chi connectivity index (χ1v) is 4.34. The molecular weight excluding hydrogens is 196 g/mol. The van der Waals surface area contributed by atoms with E-state index < -0.39 is 5.03 Å². The number of hydrogen-bond acceptors (Lipinski definition) is 2. The maximum atomic E-state index is 10.2. The number of nitrogens with two attached hydrogens (primary N) is 1. The van der Waals surface area contributed by atoms with Crippen molar-refractivity contribution in [3.63, 3.8) is 0 Å². The summed E-state index contributed by atoms with van der Waals surface area (Å²) in [6.45, 7) is 3.76. The number of para-hydroxylation sites is 1. The summed E-state index contributed by atoms with van der Waals surface area (Å²) in [5.74, 6) is -0.162. The van der Waals surface area contributed by atoms with Crippen LogP contribution in [0.3, 0.4) is 0 Å². The number of nitrogens with zero attached hydrogens (tertiary/aromatic N) is 2. The van der Waals surface area contributed by atoms with Crippen molar-refractivity contribution in [3.8, 4) is 0 Å². The summed E-state index contributed by atoms with van der Waals surface area (Å²) in [5, 5.41) is 7.85. The average Bonchev–Trinajstić information content (AvgIpc) is 2.10. The van der Waals surface area contributed by atoms with E-state index >= 15 is 0 Å². The Balaban J connectivity index is 3.02. The standard InChI is InChI=1S/C9H13N4O2/c1-6-4-3-5-7(2)8(6)11-9(10)12-13(14)15/h3-5H,1-2H3,(H,14,15)(H3,10,11,12)/q+1. The van der Waals surface area contributed by atoms with Crippen molar-refractivity contribution in [1.29, 1.82) is 0 Å². The van der Waals surface area contributed by atoms with E-state index in [1.165, 1.54) is 0 Å². The van der Waals surface area contributed by atoms with Crippen molar-refractivity contribution >= 4 is 11.6 Å². The molecule has 0 saturated carbocycles. The first-order chi connectivity index (χ1) is 7.00. The van der Waals surface area contributed by atoms with Gasteiger partial charge in [0.1, 0.15) is 4.91 Å². The van der Waals surface area contributed by atoms with Gasteiger partial charge in [-0.25, -0.2) is 10.2 Å². The molecule has 0 fully saturated rings. The van der Waals surface area contributed by atoms with E-state index in [0.29, 0.717) is 5.69 Å². The molecule has 0 spiro atoms. The average molecular weight is 209 g/mol. The molecule has 0 aromatic heterocycles. The molecule has 1 aromatic rings. The van der Waals surface area contributed by atoms with Crippen LogP contribution in [-0.2, 0) is 0 Å². The number of aryl methyl sites for hydroxylation is 2. The van der Waals surface area contributed by atoms with Crippen molar-refractivity contribution < 1.29 is 10.2 Å². The Bertz CT molecular complexity index is 394. The fraction of sp³-hybridized carbons (Fsp3) is 0.222. The Hall–Kier alpha value is -2.11. The summed E-state index contributed by atoms with van der Waals surface area (Å²) in [7, 11) is 0. The van der Waals surface area contributed by atoms with Crippen molar-refractivity contribution in [3.05, 3.63) is 34.2 Å². The number of rotatable bonds is 2. The molecule has 0 aliphatic carbocycles. The van der Waals surface area contributed by atoms with Crippen molar-refractivity contribution in [2.45, 2.75) is 13.8 Å². The van der Waals surface area contributed by atoms with Crippen LogP contribution in [0.25, 0.3) is 0 Å². The van der Waals surface area contributed by atoms with Gasteiger partial charge in [-0.15, -0.1) is 0 Å². The molecule has 1 rings (SSSR count). The molecular formula is C9H13N4O2+. The number of benzene rings is 1. The zero-order valence-electron chi connectivity index (χ0n) is 8.56. The van der Waals surface area contributed by atoms with E-state index in [4.69, 9.17) is 10.9 Å². The first kappa shape index (κ1) is 11.0. The van der Waals surface area contributed by atoms with Gasteiger partial charge in [-0.1, -0.05) is 18.2 Å². The molecule has 0 aliphatic rings. The van der Waals surface area contributed by atoms with Crippen molar-refractivity contribution in [2.75, 3.05) is 0 Å². The van der Waals surface area contributed by atoms with E-state index in [2.05, 4.69) is 4.99 Å². The minimum absolute atomic E-state index is 0.162. The van der Waals surface area contributed by atoms with Crippen LogP contribution >= 0.6 is 0 Å². The number of hydrazine groups is 1. The van der Waals surface area contributed by atoms with Gasteiger partial charge < -0.3 is 5.73 Å². The van der Waals surface area contributed by atoms with Crippen LogP contribution in [-0.4, -0.2) is 16.2 Å². The van der Waals surface area contributed by atoms with E-state index in [9.17, 15) is 4.91 Å². The van der Waals surface area contributed by atoms with Crippen LogP contribution < -0.4 is 11.2 Å². The van der Waals surface area contributed by atoms with Gasteiger partial charge in [0.2, 0.25) is 0 Å². The van der Waals surface area contributed by atoms with Gasteiger partial charge in [0.15, 0.2) is 0 Å². The van der Waals surface area contributed by atoms with E-state index in [-0.39, 0.29) is 5.96 Å². The smallest absolute Gasteiger partial charge is 0.362 e. The lowest BCUT2D eigenvalue weighted by Gasteiger charge is -2.03. The quantitative estimate of drug-likeness (QED) is 0.384. The van der Waals surface area contributed by atoms with Gasteiger partial charge in [-0.05, 0) is 30.4 Å². The number of nitrogens with one attached hydrogen (secondary N) is 1. The fourth-order valence-electron chi connectivity index (χ4n) is 1.23. The second-order valence-electron chi connectivity index (χ2n) is 3.12. The molecule has 0 atom stereocenters. The maximum Gasteiger partial charge on any atom is 0.362 e. The van der Waals surface area contributed by atoms with Crippen LogP contribution in [0, 0.1) is 18.8 Å². The predicted molar refractivity (Wildman–Crippen MR) is 55.7 cm³/mol. The summed E-state index contributed by atoms with van der Waals surface area (Å²) in [6.07, 6.45) is 0. The van der Waals surface area contributed by atoms with Crippen LogP contribution in [0.4, 0.5) is 5.69 Å². The third-order valence-electron chi connectivity index (χ3n) is 1.88. The largest absolute Gasteiger partial charge is 0.365 e. The Labute approximate surface area is 86.9 Å². The molecule has 6 heteroatoms. The maximum absolute atomic E-state index is 10.2. The molecule has 6 nitrogen and oxygen atoms in total. The van der Waals surface area contributed by atoms with Gasteiger partial charge in [0, 0.05) is 0 Å². The molecule has 4 N–H and O–H groups in total. The first-order valence-electron chi connectivity index (χ1n) is 4.34. The molecule has 0 amide bonds. The zero-order valence-corrected chi connectivity index (χ0v) is 8.56. The molecule has 0 saturated heterocycles. The zero-order chi connectivity index (χ0) is 11.4. The summed E-state index contributed by atoms with van der Waals surface area (Å²) < 4.78 is 0. The highest BCUT2D eigenvalue weighted by Crippen LogP contribution is 2.22. The lowest BCUT2D eigenvalue weighted by molar-refractivity contribution is -0.822. The van der Waals surface area contributed by atoms with Gasteiger partial charge in [-0.2, -0.15) is 0 Å². The van der Waals surface area contributed by atoms with Gasteiger partial charge >= 0.3 is 5.03 Å². The fourth-order valence-corrected chi connectivity index (χ4v) is 1.23. The third-order valence-corrected chi connectivity index (χ3v) is 1.88. The van der Waals surface area contributed by atoms with Gasteiger partial charge in [0.05, 0.1) is 5.69 Å². The highest BCUT2D eigenvalue weighted by atomic mass is 16.7. The lowest BCUT2D eigenvalue weighted by Crippen LogP contribution is -2.36. The van der Waals surface area contributed by atoms with Crippen LogP contribution in [0.15, 0.2) is 23.2 Å². The van der Waals surface area contributed by atoms with Crippen LogP contribution in [0.5, 0.6) is 0 Å². The SMILES string of the molecule is Cc1cccc(C)c1N=C(N)N[N+](=O)O. The second kappa shape index (κ2) is 4.41. The minimum atomic E-state index is -0.494. The van der Waals surface area contributed by atoms with E-state index in [0.717, 1.165) is 11.1 Å². The minimum Gasteiger partial charge on any atom is -0.365 e. The summed E-state index contributed by atoms with van der Waals surface area (Å²) in [6, 6.07) is 5.67. The highest BCUT2D eigenvalue weighted by Gasteiger charge is 2.07. The molecule has 1 aromatic carbocycles. The van der Waals surface area contributed by atoms with Gasteiger partial charge in [-0.3, -0.25) is 0 Å². The second-order valence-corrected chi connectivity index (χ2v) is 3.12. The number of guanidine groups is 1. The van der Waals surface area contributed by atoms with Gasteiger partial charge in [0.25, 0.3) is 5.96 Å². The molecule has 0 heterocycles. The van der Waals surface area contributed by atoms with E-state index in [1.54, 1.807) is 0 Å². The van der Waals surface area contributed by atoms with Crippen LogP contribution in [0.1, 0.15) is 11.1 Å². The predicted octanol–water partition coefficient (Wildman–Crippen LogP) is 0.922. The van der Waals surface area contributed by atoms with Crippen LogP contribution in [0.2, 0.25) is 0 Å². The molecule has 0 unspecified atom stereocenters. The molecule has 80 valence electrons. The Morgan fingerprint density at radius 3 is 2.47 bits per heavy atom. The number of aliphatic imine (C=N–C) groups is 1.